The van der Waals surface area contributed by atoms with Gasteiger partial charge >= 0.3 is 0 Å². The molecule has 1 aromatic rings. The third-order valence-electron chi connectivity index (χ3n) is 3.50. The van der Waals surface area contributed by atoms with E-state index < -0.39 is 5.82 Å². The molecule has 1 amide bonds. The number of benzene rings is 1. The lowest BCUT2D eigenvalue weighted by Crippen LogP contribution is -2.45. The molecular formula is C14H17ClFNO2. The molecule has 0 unspecified atom stereocenters. The monoisotopic (exact) mass is 285 g/mol. The Morgan fingerprint density at radius 3 is 2.74 bits per heavy atom. The van der Waals surface area contributed by atoms with Crippen LogP contribution in [0.25, 0.3) is 0 Å². The highest BCUT2D eigenvalue weighted by Gasteiger charge is 2.29. The molecule has 0 aromatic heterocycles. The molecular weight excluding hydrogens is 269 g/mol. The van der Waals surface area contributed by atoms with E-state index in [4.69, 9.17) is 16.7 Å². The molecule has 0 radical (unpaired) electrons. The highest BCUT2D eigenvalue weighted by molar-refractivity contribution is 6.33. The second-order valence-electron chi connectivity index (χ2n) is 4.78. The predicted molar refractivity (Wildman–Crippen MR) is 71.8 cm³/mol. The first kappa shape index (κ1) is 14.3. The van der Waals surface area contributed by atoms with Gasteiger partial charge in [-0.25, -0.2) is 4.39 Å². The van der Waals surface area contributed by atoms with Crippen molar-refractivity contribution in [1.29, 1.82) is 0 Å². The topological polar surface area (TPSA) is 40.5 Å². The zero-order valence-electron chi connectivity index (χ0n) is 10.6. The zero-order valence-corrected chi connectivity index (χ0v) is 11.4. The molecule has 2 rings (SSSR count). The van der Waals surface area contributed by atoms with Crippen LogP contribution in [0.3, 0.4) is 0 Å². The van der Waals surface area contributed by atoms with Gasteiger partial charge in [-0.2, -0.15) is 0 Å². The van der Waals surface area contributed by atoms with Gasteiger partial charge < -0.3 is 10.0 Å². The first-order chi connectivity index (χ1) is 9.13. The van der Waals surface area contributed by atoms with Crippen molar-refractivity contribution in [3.05, 3.63) is 34.6 Å². The molecule has 1 aliphatic carbocycles. The van der Waals surface area contributed by atoms with Crippen LogP contribution in [0.5, 0.6) is 0 Å². The molecule has 0 spiro atoms. The minimum absolute atomic E-state index is 0.0493. The Hall–Kier alpha value is -1.13. The van der Waals surface area contributed by atoms with Crippen molar-refractivity contribution in [2.45, 2.75) is 31.7 Å². The number of aliphatic hydroxyl groups excluding tert-OH is 1. The van der Waals surface area contributed by atoms with Crippen molar-refractivity contribution in [1.82, 2.24) is 4.90 Å². The van der Waals surface area contributed by atoms with Gasteiger partial charge in [0.2, 0.25) is 0 Å². The van der Waals surface area contributed by atoms with Gasteiger partial charge in [-0.1, -0.05) is 11.6 Å². The summed E-state index contributed by atoms with van der Waals surface area (Å²) in [6.07, 6.45) is 3.62. The fraction of sp³-hybridized carbons (Fsp3) is 0.500. The van der Waals surface area contributed by atoms with Crippen LogP contribution in [0.2, 0.25) is 5.02 Å². The largest absolute Gasteiger partial charge is 0.396 e. The second kappa shape index (κ2) is 6.35. The van der Waals surface area contributed by atoms with Crippen LogP contribution in [0.15, 0.2) is 18.2 Å². The number of carbonyl (C=O) groups excluding carboxylic acids is 1. The van der Waals surface area contributed by atoms with E-state index in [0.29, 0.717) is 18.5 Å². The second-order valence-corrected chi connectivity index (χ2v) is 5.19. The number of rotatable bonds is 5. The summed E-state index contributed by atoms with van der Waals surface area (Å²) < 4.78 is 13.0. The predicted octanol–water partition coefficient (Wildman–Crippen LogP) is 2.86. The lowest BCUT2D eigenvalue weighted by atomic mass is 9.90. The molecule has 0 bridgehead atoms. The molecule has 0 atom stereocenters. The van der Waals surface area contributed by atoms with Gasteiger partial charge in [-0.15, -0.1) is 0 Å². The maximum atomic E-state index is 13.0. The van der Waals surface area contributed by atoms with E-state index in [0.717, 1.165) is 25.3 Å². The van der Waals surface area contributed by atoms with Crippen LogP contribution in [-0.2, 0) is 0 Å². The maximum Gasteiger partial charge on any atom is 0.255 e. The van der Waals surface area contributed by atoms with E-state index in [1.54, 1.807) is 4.90 Å². The summed E-state index contributed by atoms with van der Waals surface area (Å²) in [5, 5.41) is 9.05. The molecule has 19 heavy (non-hydrogen) atoms. The Balaban J connectivity index is 2.17. The summed E-state index contributed by atoms with van der Waals surface area (Å²) in [7, 11) is 0. The van der Waals surface area contributed by atoms with Crippen LogP contribution in [0.4, 0.5) is 4.39 Å². The highest BCUT2D eigenvalue weighted by Crippen LogP contribution is 2.28. The summed E-state index contributed by atoms with van der Waals surface area (Å²) in [5.41, 5.74) is 0.327. The number of hydrogen-bond acceptors (Lipinski definition) is 2. The van der Waals surface area contributed by atoms with Gasteiger partial charge in [0.05, 0.1) is 10.6 Å². The summed E-state index contributed by atoms with van der Waals surface area (Å²) in [6, 6.07) is 4.04. The van der Waals surface area contributed by atoms with Crippen LogP contribution in [0, 0.1) is 5.82 Å². The number of hydrogen-bond donors (Lipinski definition) is 1. The number of carbonyl (C=O) groups is 1. The average molecular weight is 286 g/mol. The molecule has 5 heteroatoms. The van der Waals surface area contributed by atoms with E-state index in [1.807, 2.05) is 0 Å². The Bertz CT molecular complexity index is 463. The van der Waals surface area contributed by atoms with Gasteiger partial charge in [0, 0.05) is 19.2 Å². The van der Waals surface area contributed by atoms with E-state index >= 15 is 0 Å². The normalized spacial score (nSPS) is 15.1. The summed E-state index contributed by atoms with van der Waals surface area (Å²) in [6.45, 7) is 0.557. The van der Waals surface area contributed by atoms with Crippen molar-refractivity contribution in [2.24, 2.45) is 0 Å². The quantitative estimate of drug-likeness (QED) is 0.904. The Morgan fingerprint density at radius 2 is 2.21 bits per heavy atom. The standard InChI is InChI=1S/C14H17ClFNO2/c15-13-9-10(16)5-6-12(13)14(19)17(7-2-8-18)11-3-1-4-11/h5-6,9,11,18H,1-4,7-8H2. The average Bonchev–Trinajstić information content (AvgIpc) is 2.31. The Labute approximate surface area is 117 Å². The van der Waals surface area contributed by atoms with Crippen LogP contribution in [0.1, 0.15) is 36.0 Å². The molecule has 3 nitrogen and oxygen atoms in total. The fourth-order valence-corrected chi connectivity index (χ4v) is 2.46. The summed E-state index contributed by atoms with van der Waals surface area (Å²) in [5.74, 6) is -0.629. The molecule has 1 saturated carbocycles. The number of amides is 1. The summed E-state index contributed by atoms with van der Waals surface area (Å²) in [4.78, 5) is 14.2. The van der Waals surface area contributed by atoms with Gasteiger partial charge in [0.15, 0.2) is 0 Å². The molecule has 1 N–H and O–H groups in total. The molecule has 0 saturated heterocycles. The van der Waals surface area contributed by atoms with Crippen molar-refractivity contribution >= 4 is 17.5 Å². The van der Waals surface area contributed by atoms with Crippen LogP contribution < -0.4 is 0 Å². The van der Waals surface area contributed by atoms with E-state index in [-0.39, 0.29) is 23.6 Å². The fourth-order valence-electron chi connectivity index (χ4n) is 2.21. The Morgan fingerprint density at radius 1 is 1.47 bits per heavy atom. The smallest absolute Gasteiger partial charge is 0.255 e. The highest BCUT2D eigenvalue weighted by atomic mass is 35.5. The third kappa shape index (κ3) is 3.25. The van der Waals surface area contributed by atoms with Gasteiger partial charge in [0.1, 0.15) is 5.82 Å². The summed E-state index contributed by atoms with van der Waals surface area (Å²) >= 11 is 5.93. The minimum Gasteiger partial charge on any atom is -0.396 e. The third-order valence-corrected chi connectivity index (χ3v) is 3.81. The molecule has 0 heterocycles. The first-order valence-electron chi connectivity index (χ1n) is 6.50. The molecule has 104 valence electrons. The van der Waals surface area contributed by atoms with Crippen molar-refractivity contribution in [3.8, 4) is 0 Å². The zero-order chi connectivity index (χ0) is 13.8. The lowest BCUT2D eigenvalue weighted by Gasteiger charge is -2.37. The minimum atomic E-state index is -0.452. The van der Waals surface area contributed by atoms with E-state index in [1.165, 1.54) is 12.1 Å². The Kier molecular flexibility index (Phi) is 4.77. The van der Waals surface area contributed by atoms with Gasteiger partial charge in [-0.3, -0.25) is 4.79 Å². The molecule has 0 aliphatic heterocycles. The van der Waals surface area contributed by atoms with Crippen molar-refractivity contribution in [3.63, 3.8) is 0 Å². The number of nitrogens with zero attached hydrogens (tertiary/aromatic N) is 1. The van der Waals surface area contributed by atoms with Crippen molar-refractivity contribution < 1.29 is 14.3 Å². The number of aliphatic hydroxyl groups is 1. The van der Waals surface area contributed by atoms with E-state index in [2.05, 4.69) is 0 Å². The number of halogens is 2. The van der Waals surface area contributed by atoms with Crippen LogP contribution in [-0.4, -0.2) is 35.1 Å². The lowest BCUT2D eigenvalue weighted by molar-refractivity contribution is 0.0562. The first-order valence-corrected chi connectivity index (χ1v) is 6.88. The van der Waals surface area contributed by atoms with Crippen LogP contribution >= 0.6 is 11.6 Å². The molecule has 1 aromatic carbocycles. The van der Waals surface area contributed by atoms with Gasteiger partial charge in [0.25, 0.3) is 5.91 Å². The molecule has 1 fully saturated rings. The van der Waals surface area contributed by atoms with E-state index in [9.17, 15) is 9.18 Å². The van der Waals surface area contributed by atoms with Crippen molar-refractivity contribution in [2.75, 3.05) is 13.2 Å². The SMILES string of the molecule is O=C(c1ccc(F)cc1Cl)N(CCCO)C1CCC1. The molecule has 1 aliphatic rings. The maximum absolute atomic E-state index is 13.0. The van der Waals surface area contributed by atoms with Gasteiger partial charge in [-0.05, 0) is 43.9 Å².